The molecule has 0 atom stereocenters. The van der Waals surface area contributed by atoms with Gasteiger partial charge in [0.05, 0.1) is 38.9 Å². The van der Waals surface area contributed by atoms with E-state index in [1.807, 2.05) is 24.3 Å². The van der Waals surface area contributed by atoms with E-state index in [1.54, 1.807) is 21.3 Å². The van der Waals surface area contributed by atoms with Crippen LogP contribution in [0, 0.1) is 0 Å². The highest BCUT2D eigenvalue weighted by molar-refractivity contribution is 5.95. The van der Waals surface area contributed by atoms with Gasteiger partial charge in [-0.2, -0.15) is 4.57 Å². The highest BCUT2D eigenvalue weighted by atomic mass is 127. The van der Waals surface area contributed by atoms with Gasteiger partial charge >= 0.3 is 0 Å². The maximum atomic E-state index is 6.40. The van der Waals surface area contributed by atoms with Crippen LogP contribution in [0.25, 0.3) is 33.2 Å². The van der Waals surface area contributed by atoms with Crippen LogP contribution >= 0.6 is 0 Å². The number of aromatic nitrogens is 1. The van der Waals surface area contributed by atoms with Crippen LogP contribution < -0.4 is 57.0 Å². The van der Waals surface area contributed by atoms with Crippen LogP contribution in [-0.4, -0.2) is 34.7 Å². The Bertz CT molecular complexity index is 2110. The van der Waals surface area contributed by atoms with Crippen LogP contribution in [0.2, 0.25) is 0 Å². The molecule has 5 aromatic rings. The summed E-state index contributed by atoms with van der Waals surface area (Å²) < 4.78 is 37.6. The van der Waals surface area contributed by atoms with Crippen molar-refractivity contribution in [1.82, 2.24) is 0 Å². The molecular formula is C44H46INO6. The Hall–Kier alpha value is -4.70. The van der Waals surface area contributed by atoms with Gasteiger partial charge in [0.2, 0.25) is 12.5 Å². The second kappa shape index (κ2) is 16.8. The minimum Gasteiger partial charge on any atom is -1.00 e. The lowest BCUT2D eigenvalue weighted by Crippen LogP contribution is -3.00. The van der Waals surface area contributed by atoms with E-state index < -0.39 is 0 Å². The van der Waals surface area contributed by atoms with Gasteiger partial charge in [0.25, 0.3) is 0 Å². The number of halogens is 1. The average Bonchev–Trinajstić information content (AvgIpc) is 3.62. The van der Waals surface area contributed by atoms with E-state index in [-0.39, 0.29) is 30.8 Å². The van der Waals surface area contributed by atoms with Gasteiger partial charge in [0.1, 0.15) is 11.5 Å². The van der Waals surface area contributed by atoms with Crippen LogP contribution in [0.1, 0.15) is 41.5 Å². The number of hydrogen-bond acceptors (Lipinski definition) is 6. The zero-order chi connectivity index (χ0) is 35.3. The average molecular weight is 812 g/mol. The molecule has 2 aliphatic rings. The van der Waals surface area contributed by atoms with E-state index in [1.165, 1.54) is 33.3 Å². The van der Waals surface area contributed by atoms with Gasteiger partial charge < -0.3 is 52.4 Å². The third-order valence-corrected chi connectivity index (χ3v) is 9.95. The van der Waals surface area contributed by atoms with E-state index in [0.717, 1.165) is 108 Å². The van der Waals surface area contributed by atoms with Crippen molar-refractivity contribution in [2.45, 2.75) is 51.5 Å². The molecule has 0 bridgehead atoms. The summed E-state index contributed by atoms with van der Waals surface area (Å²) >= 11 is 0. The van der Waals surface area contributed by atoms with Crippen LogP contribution in [-0.2, 0) is 32.2 Å². The first-order chi connectivity index (χ1) is 25.1. The Morgan fingerprint density at radius 3 is 2.29 bits per heavy atom. The Balaban J connectivity index is 0.00000464. The second-order valence-electron chi connectivity index (χ2n) is 13.0. The molecule has 0 saturated carbocycles. The van der Waals surface area contributed by atoms with Crippen molar-refractivity contribution in [3.8, 4) is 56.9 Å². The van der Waals surface area contributed by atoms with Crippen LogP contribution in [0.4, 0.5) is 0 Å². The monoisotopic (exact) mass is 811 g/mol. The summed E-state index contributed by atoms with van der Waals surface area (Å²) in [6, 6.07) is 21.2. The molecule has 2 aliphatic heterocycles. The largest absolute Gasteiger partial charge is 1.00 e. The molecule has 0 amide bonds. The summed E-state index contributed by atoms with van der Waals surface area (Å²) in [5.74, 6) is 4.88. The lowest BCUT2D eigenvalue weighted by Gasteiger charge is -2.21. The van der Waals surface area contributed by atoms with E-state index in [9.17, 15) is 0 Å². The van der Waals surface area contributed by atoms with E-state index in [0.29, 0.717) is 6.61 Å². The molecule has 270 valence electrons. The summed E-state index contributed by atoms with van der Waals surface area (Å²) in [6.07, 6.45) is 12.4. The number of pyridine rings is 1. The van der Waals surface area contributed by atoms with Crippen LogP contribution in [0.3, 0.4) is 0 Å². The number of methoxy groups -OCH3 is 3. The Kier molecular flexibility index (Phi) is 11.9. The number of aryl methyl sites for hydroxylation is 3. The minimum absolute atomic E-state index is 0. The number of nitrogens with zero attached hydrogens (tertiary/aromatic N) is 1. The topological polar surface area (TPSA) is 59.3 Å². The first-order valence-electron chi connectivity index (χ1n) is 17.7. The fourth-order valence-electron chi connectivity index (χ4n) is 7.50. The molecule has 0 spiro atoms. The number of rotatable bonds is 15. The molecular weight excluding hydrogens is 765 g/mol. The molecule has 0 radical (unpaired) electrons. The zero-order valence-electron chi connectivity index (χ0n) is 30.3. The number of hydrogen-bond donors (Lipinski definition) is 0. The van der Waals surface area contributed by atoms with Crippen LogP contribution in [0.15, 0.2) is 92.2 Å². The first-order valence-corrected chi connectivity index (χ1v) is 17.7. The Morgan fingerprint density at radius 2 is 1.52 bits per heavy atom. The minimum atomic E-state index is 0. The fourth-order valence-corrected chi connectivity index (χ4v) is 7.50. The van der Waals surface area contributed by atoms with E-state index >= 15 is 0 Å². The lowest BCUT2D eigenvalue weighted by molar-refractivity contribution is -0.686. The normalized spacial score (nSPS) is 12.4. The third-order valence-electron chi connectivity index (χ3n) is 9.95. The maximum Gasteiger partial charge on any atom is 0.231 e. The van der Waals surface area contributed by atoms with Crippen molar-refractivity contribution in [3.05, 3.63) is 114 Å². The molecule has 7 nitrogen and oxygen atoms in total. The highest BCUT2D eigenvalue weighted by Gasteiger charge is 2.32. The maximum absolute atomic E-state index is 6.40. The summed E-state index contributed by atoms with van der Waals surface area (Å²) in [4.78, 5) is 0. The van der Waals surface area contributed by atoms with Crippen molar-refractivity contribution < 1.29 is 57.0 Å². The van der Waals surface area contributed by atoms with Gasteiger partial charge in [0.15, 0.2) is 35.7 Å². The smallest absolute Gasteiger partial charge is 0.231 e. The number of unbranched alkanes of at least 4 members (excludes halogenated alkanes) is 2. The Morgan fingerprint density at radius 1 is 0.750 bits per heavy atom. The molecule has 0 aliphatic carbocycles. The molecule has 4 aromatic carbocycles. The SMILES string of the molecule is C=CCc1ccc(OC)c(-c2ccc(OCCCCCc3c4[n+](cc5c(OC)c(OC)ccc35)CCc3cc5c(cc3-4)OCO5)c(CC=C)c2)c1.[I-]. The molecule has 1 aromatic heterocycles. The zero-order valence-corrected chi connectivity index (χ0v) is 32.4. The number of ether oxygens (including phenoxy) is 6. The molecule has 0 saturated heterocycles. The van der Waals surface area contributed by atoms with Gasteiger partial charge in [0, 0.05) is 22.9 Å². The van der Waals surface area contributed by atoms with E-state index in [2.05, 4.69) is 72.5 Å². The predicted molar refractivity (Wildman–Crippen MR) is 202 cm³/mol. The quantitative estimate of drug-likeness (QED) is 0.0558. The molecule has 3 heterocycles. The highest BCUT2D eigenvalue weighted by Crippen LogP contribution is 2.44. The fraction of sp³-hybridized carbons (Fsp3) is 0.295. The summed E-state index contributed by atoms with van der Waals surface area (Å²) in [5, 5.41) is 2.24. The van der Waals surface area contributed by atoms with Crippen molar-refractivity contribution >= 4 is 10.8 Å². The van der Waals surface area contributed by atoms with E-state index in [4.69, 9.17) is 28.4 Å². The van der Waals surface area contributed by atoms with Gasteiger partial charge in [-0.25, -0.2) is 0 Å². The van der Waals surface area contributed by atoms with Crippen LogP contribution in [0.5, 0.6) is 34.5 Å². The summed E-state index contributed by atoms with van der Waals surface area (Å²) in [6.45, 7) is 9.68. The molecule has 7 rings (SSSR count). The molecule has 0 fully saturated rings. The number of allylic oxidation sites excluding steroid dienone is 2. The van der Waals surface area contributed by atoms with Gasteiger partial charge in [-0.15, -0.1) is 13.2 Å². The summed E-state index contributed by atoms with van der Waals surface area (Å²) in [7, 11) is 5.11. The van der Waals surface area contributed by atoms with Gasteiger partial charge in [-0.05, 0) is 109 Å². The predicted octanol–water partition coefficient (Wildman–Crippen LogP) is 6.02. The Labute approximate surface area is 323 Å². The third kappa shape index (κ3) is 7.31. The van der Waals surface area contributed by atoms with Crippen molar-refractivity contribution in [2.24, 2.45) is 0 Å². The van der Waals surface area contributed by atoms with Gasteiger partial charge in [-0.1, -0.05) is 24.3 Å². The standard InChI is InChI=1S/C44H46NO6.HI/c1-6-11-29-14-17-39(46-3)35(23-29)30-15-18-38(32(24-30)12-7-2)49-22-10-8-9-13-34-33-16-19-40(47-4)44(48-5)37(33)27-45-21-20-31-25-41-42(51-28-50-41)26-36(31)43(34)45;/h6-7,14-19,23-27H,1-2,8-13,20-22,28H2,3-5H3;1H/q+1;/p-1. The molecule has 52 heavy (non-hydrogen) atoms. The van der Waals surface area contributed by atoms with Crippen molar-refractivity contribution in [2.75, 3.05) is 34.7 Å². The number of fused-ring (bicyclic) bond motifs is 5. The van der Waals surface area contributed by atoms with Crippen molar-refractivity contribution in [1.29, 1.82) is 0 Å². The second-order valence-corrected chi connectivity index (χ2v) is 13.0. The summed E-state index contributed by atoms with van der Waals surface area (Å²) in [5.41, 5.74) is 9.52. The lowest BCUT2D eigenvalue weighted by atomic mass is 9.89. The molecule has 0 N–H and O–H groups in total. The number of benzene rings is 4. The first kappa shape index (κ1) is 37.1. The molecule has 8 heteroatoms. The molecule has 0 unspecified atom stereocenters. The van der Waals surface area contributed by atoms with Crippen molar-refractivity contribution in [3.63, 3.8) is 0 Å². The van der Waals surface area contributed by atoms with Gasteiger partial charge in [-0.3, -0.25) is 0 Å².